The van der Waals surface area contributed by atoms with Gasteiger partial charge in [-0.05, 0) is 43.0 Å². The first-order valence-electron chi connectivity index (χ1n) is 5.80. The molecule has 0 bridgehead atoms. The van der Waals surface area contributed by atoms with Crippen LogP contribution in [0.25, 0.3) is 0 Å². The molecule has 0 radical (unpaired) electrons. The molecule has 1 aliphatic rings. The average Bonchev–Trinajstić information content (AvgIpc) is 2.43. The molecule has 2 heteroatoms. The quantitative estimate of drug-likeness (QED) is 0.745. The van der Waals surface area contributed by atoms with Crippen LogP contribution < -0.4 is 0 Å². The molecule has 1 aliphatic heterocycles. The van der Waals surface area contributed by atoms with Crippen molar-refractivity contribution in [3.05, 3.63) is 34.3 Å². The molecule has 1 heterocycles. The second-order valence-corrected chi connectivity index (χ2v) is 4.63. The van der Waals surface area contributed by atoms with Crippen LogP contribution in [0.3, 0.4) is 0 Å². The SMILES string of the molecule is CCCN1CCc2cccc(Cl)c2CC1. The van der Waals surface area contributed by atoms with Crippen LogP contribution in [0.15, 0.2) is 18.2 Å². The highest BCUT2D eigenvalue weighted by Crippen LogP contribution is 2.23. The average molecular weight is 224 g/mol. The van der Waals surface area contributed by atoms with E-state index in [2.05, 4.69) is 24.0 Å². The summed E-state index contributed by atoms with van der Waals surface area (Å²) in [5.74, 6) is 0. The Morgan fingerprint density at radius 1 is 1.27 bits per heavy atom. The molecule has 15 heavy (non-hydrogen) atoms. The van der Waals surface area contributed by atoms with Crippen LogP contribution in [0.5, 0.6) is 0 Å². The van der Waals surface area contributed by atoms with Gasteiger partial charge >= 0.3 is 0 Å². The third-order valence-corrected chi connectivity index (χ3v) is 3.49. The van der Waals surface area contributed by atoms with Gasteiger partial charge in [0.15, 0.2) is 0 Å². The fourth-order valence-electron chi connectivity index (χ4n) is 2.32. The van der Waals surface area contributed by atoms with E-state index in [-0.39, 0.29) is 0 Å². The summed E-state index contributed by atoms with van der Waals surface area (Å²) in [6, 6.07) is 6.29. The molecule has 0 N–H and O–H groups in total. The van der Waals surface area contributed by atoms with Gasteiger partial charge in [0.2, 0.25) is 0 Å². The number of nitrogens with zero attached hydrogens (tertiary/aromatic N) is 1. The normalized spacial score (nSPS) is 17.2. The van der Waals surface area contributed by atoms with Crippen LogP contribution in [-0.4, -0.2) is 24.5 Å². The minimum atomic E-state index is 0.950. The number of rotatable bonds is 2. The van der Waals surface area contributed by atoms with E-state index >= 15 is 0 Å². The largest absolute Gasteiger partial charge is 0.303 e. The molecule has 2 rings (SSSR count). The van der Waals surface area contributed by atoms with Gasteiger partial charge in [-0.2, -0.15) is 0 Å². The zero-order chi connectivity index (χ0) is 10.7. The number of fused-ring (bicyclic) bond motifs is 1. The Morgan fingerprint density at radius 3 is 2.87 bits per heavy atom. The number of benzene rings is 1. The maximum absolute atomic E-state index is 6.22. The second kappa shape index (κ2) is 5.00. The van der Waals surface area contributed by atoms with E-state index in [1.807, 2.05) is 6.07 Å². The third kappa shape index (κ3) is 2.53. The molecular formula is C13H18ClN. The topological polar surface area (TPSA) is 3.24 Å². The van der Waals surface area contributed by atoms with Crippen LogP contribution in [0, 0.1) is 0 Å². The summed E-state index contributed by atoms with van der Waals surface area (Å²) in [4.78, 5) is 2.54. The van der Waals surface area contributed by atoms with Crippen LogP contribution in [0.1, 0.15) is 24.5 Å². The predicted octanol–water partition coefficient (Wildman–Crippen LogP) is 3.15. The lowest BCUT2D eigenvalue weighted by atomic mass is 10.0. The second-order valence-electron chi connectivity index (χ2n) is 4.22. The van der Waals surface area contributed by atoms with Crippen molar-refractivity contribution in [2.75, 3.05) is 19.6 Å². The van der Waals surface area contributed by atoms with Crippen molar-refractivity contribution in [1.82, 2.24) is 4.90 Å². The van der Waals surface area contributed by atoms with Gasteiger partial charge in [0, 0.05) is 18.1 Å². The Bertz CT molecular complexity index is 335. The van der Waals surface area contributed by atoms with E-state index in [0.29, 0.717) is 0 Å². The minimum absolute atomic E-state index is 0.950. The van der Waals surface area contributed by atoms with Gasteiger partial charge in [0.1, 0.15) is 0 Å². The van der Waals surface area contributed by atoms with Gasteiger partial charge in [-0.15, -0.1) is 0 Å². The Morgan fingerprint density at radius 2 is 2.07 bits per heavy atom. The van der Waals surface area contributed by atoms with Crippen LogP contribution in [-0.2, 0) is 12.8 Å². The Balaban J connectivity index is 2.14. The lowest BCUT2D eigenvalue weighted by Crippen LogP contribution is -2.27. The standard InChI is InChI=1S/C13H18ClN/c1-2-8-15-9-6-11-4-3-5-13(14)12(11)7-10-15/h3-5H,2,6-10H2,1H3. The minimum Gasteiger partial charge on any atom is -0.303 e. The van der Waals surface area contributed by atoms with Crippen molar-refractivity contribution in [3.8, 4) is 0 Å². The molecule has 0 amide bonds. The molecular weight excluding hydrogens is 206 g/mol. The van der Waals surface area contributed by atoms with E-state index in [0.717, 1.165) is 24.4 Å². The molecule has 0 unspecified atom stereocenters. The van der Waals surface area contributed by atoms with Gasteiger partial charge in [0.05, 0.1) is 0 Å². The van der Waals surface area contributed by atoms with E-state index < -0.39 is 0 Å². The fourth-order valence-corrected chi connectivity index (χ4v) is 2.61. The van der Waals surface area contributed by atoms with Gasteiger partial charge in [0.25, 0.3) is 0 Å². The molecule has 0 atom stereocenters. The fraction of sp³-hybridized carbons (Fsp3) is 0.538. The lowest BCUT2D eigenvalue weighted by Gasteiger charge is -2.18. The van der Waals surface area contributed by atoms with Gasteiger partial charge in [-0.3, -0.25) is 0 Å². The van der Waals surface area contributed by atoms with Crippen LogP contribution >= 0.6 is 11.6 Å². The molecule has 1 aromatic rings. The van der Waals surface area contributed by atoms with Gasteiger partial charge < -0.3 is 4.90 Å². The summed E-state index contributed by atoms with van der Waals surface area (Å²) >= 11 is 6.22. The van der Waals surface area contributed by atoms with E-state index in [1.54, 1.807) is 0 Å². The Hall–Kier alpha value is -0.530. The third-order valence-electron chi connectivity index (χ3n) is 3.13. The Kier molecular flexibility index (Phi) is 3.66. The molecule has 82 valence electrons. The number of halogens is 1. The zero-order valence-corrected chi connectivity index (χ0v) is 10.1. The van der Waals surface area contributed by atoms with E-state index in [9.17, 15) is 0 Å². The zero-order valence-electron chi connectivity index (χ0n) is 9.30. The van der Waals surface area contributed by atoms with Crippen molar-refractivity contribution in [1.29, 1.82) is 0 Å². The van der Waals surface area contributed by atoms with Crippen molar-refractivity contribution < 1.29 is 0 Å². The summed E-state index contributed by atoms with van der Waals surface area (Å²) in [6.45, 7) is 5.79. The first kappa shape index (κ1) is 11.0. The monoisotopic (exact) mass is 223 g/mol. The van der Waals surface area contributed by atoms with Crippen LogP contribution in [0.2, 0.25) is 5.02 Å². The molecule has 0 spiro atoms. The lowest BCUT2D eigenvalue weighted by molar-refractivity contribution is 0.288. The molecule has 0 saturated heterocycles. The smallest absolute Gasteiger partial charge is 0.0441 e. The maximum atomic E-state index is 6.22. The summed E-state index contributed by atoms with van der Waals surface area (Å²) in [7, 11) is 0. The summed E-state index contributed by atoms with van der Waals surface area (Å²) in [5, 5.41) is 0.950. The summed E-state index contributed by atoms with van der Waals surface area (Å²) < 4.78 is 0. The molecule has 0 aromatic heterocycles. The number of hydrogen-bond donors (Lipinski definition) is 0. The molecule has 1 aromatic carbocycles. The first-order valence-corrected chi connectivity index (χ1v) is 6.17. The summed E-state index contributed by atoms with van der Waals surface area (Å²) in [5.41, 5.74) is 2.82. The van der Waals surface area contributed by atoms with Crippen molar-refractivity contribution in [3.63, 3.8) is 0 Å². The maximum Gasteiger partial charge on any atom is 0.0441 e. The Labute approximate surface area is 97.0 Å². The van der Waals surface area contributed by atoms with Gasteiger partial charge in [-0.1, -0.05) is 30.7 Å². The molecule has 0 fully saturated rings. The molecule has 0 saturated carbocycles. The highest BCUT2D eigenvalue weighted by Gasteiger charge is 2.14. The molecule has 1 nitrogen and oxygen atoms in total. The number of hydrogen-bond acceptors (Lipinski definition) is 1. The summed E-state index contributed by atoms with van der Waals surface area (Å²) in [6.07, 6.45) is 3.50. The van der Waals surface area contributed by atoms with Crippen molar-refractivity contribution in [2.45, 2.75) is 26.2 Å². The van der Waals surface area contributed by atoms with Crippen molar-refractivity contribution >= 4 is 11.6 Å². The van der Waals surface area contributed by atoms with E-state index in [4.69, 9.17) is 11.6 Å². The first-order chi connectivity index (χ1) is 7.31. The van der Waals surface area contributed by atoms with Gasteiger partial charge in [-0.25, -0.2) is 0 Å². The predicted molar refractivity (Wildman–Crippen MR) is 65.6 cm³/mol. The highest BCUT2D eigenvalue weighted by molar-refractivity contribution is 6.31. The van der Waals surface area contributed by atoms with E-state index in [1.165, 1.54) is 30.6 Å². The molecule has 0 aliphatic carbocycles. The van der Waals surface area contributed by atoms with Crippen molar-refractivity contribution in [2.24, 2.45) is 0 Å². The van der Waals surface area contributed by atoms with Crippen LogP contribution in [0.4, 0.5) is 0 Å². The highest BCUT2D eigenvalue weighted by atomic mass is 35.5.